The number of aliphatic hydroxyl groups excluding tert-OH is 3. The van der Waals surface area contributed by atoms with Gasteiger partial charge in [0.1, 0.15) is 31.0 Å². The predicted octanol–water partition coefficient (Wildman–Crippen LogP) is 2.22. The van der Waals surface area contributed by atoms with Crippen molar-refractivity contribution in [2.45, 2.75) is 179 Å². The van der Waals surface area contributed by atoms with Gasteiger partial charge in [-0.15, -0.1) is 0 Å². The molecule has 0 aliphatic carbocycles. The van der Waals surface area contributed by atoms with E-state index in [4.69, 9.17) is 33.3 Å². The van der Waals surface area contributed by atoms with Crippen molar-refractivity contribution in [2.75, 3.05) is 28.3 Å². The minimum atomic E-state index is -1.91. The first-order valence-electron chi connectivity index (χ1n) is 19.1. The highest BCUT2D eigenvalue weighted by atomic mass is 16.7. The normalized spacial score (nSPS) is 49.0. The predicted molar refractivity (Wildman–Crippen MR) is 196 cm³/mol. The molecule has 15 nitrogen and oxygen atoms in total. The Morgan fingerprint density at radius 1 is 0.906 bits per heavy atom. The van der Waals surface area contributed by atoms with Crippen LogP contribution in [0.15, 0.2) is 5.16 Å². The zero-order valence-corrected chi connectivity index (χ0v) is 34.4. The van der Waals surface area contributed by atoms with Crippen molar-refractivity contribution in [2.24, 2.45) is 28.8 Å². The lowest BCUT2D eigenvalue weighted by atomic mass is 9.73. The van der Waals surface area contributed by atoms with Crippen LogP contribution in [0.3, 0.4) is 0 Å². The third kappa shape index (κ3) is 10.1. The summed E-state index contributed by atoms with van der Waals surface area (Å²) in [6, 6.07) is -0.306. The van der Waals surface area contributed by atoms with Crippen molar-refractivity contribution in [3.8, 4) is 0 Å². The number of methoxy groups -OCH3 is 1. The molecule has 15 heteroatoms. The number of hydrogen-bond donors (Lipinski definition) is 5. The second-order valence-electron chi connectivity index (χ2n) is 16.8. The molecule has 0 saturated carbocycles. The number of oxime groups is 1. The lowest BCUT2D eigenvalue weighted by molar-refractivity contribution is -0.317. The van der Waals surface area contributed by atoms with E-state index >= 15 is 0 Å². The van der Waals surface area contributed by atoms with Gasteiger partial charge in [-0.1, -0.05) is 32.9 Å². The first-order valence-corrected chi connectivity index (χ1v) is 19.1. The Balaban J connectivity index is 2.23. The summed E-state index contributed by atoms with van der Waals surface area (Å²) < 4.78 is 37.4. The third-order valence-electron chi connectivity index (χ3n) is 12.1. The monoisotopic (exact) mass is 762 g/mol. The Morgan fingerprint density at radius 2 is 1.53 bits per heavy atom. The summed E-state index contributed by atoms with van der Waals surface area (Å²) >= 11 is 0. The summed E-state index contributed by atoms with van der Waals surface area (Å²) in [6.07, 6.45) is -9.08. The first kappa shape index (κ1) is 45.9. The van der Waals surface area contributed by atoms with Crippen LogP contribution in [0.25, 0.3) is 0 Å². The number of carbonyl (C=O) groups is 1. The molecule has 0 bridgehead atoms. The third-order valence-corrected chi connectivity index (χ3v) is 12.1. The topological polar surface area (TPSA) is 198 Å². The van der Waals surface area contributed by atoms with E-state index in [0.717, 1.165) is 0 Å². The van der Waals surface area contributed by atoms with Crippen LogP contribution in [0, 0.1) is 23.7 Å². The van der Waals surface area contributed by atoms with Crippen LogP contribution < -0.4 is 0 Å². The summed E-state index contributed by atoms with van der Waals surface area (Å²) in [7, 11) is 6.60. The van der Waals surface area contributed by atoms with Crippen molar-refractivity contribution in [3.63, 3.8) is 0 Å². The fraction of sp³-hybridized carbons (Fsp3) is 0.947. The molecular weight excluding hydrogens is 692 g/mol. The molecule has 5 N–H and O–H groups in total. The van der Waals surface area contributed by atoms with Crippen LogP contribution in [-0.2, 0) is 38.1 Å². The van der Waals surface area contributed by atoms with Gasteiger partial charge in [-0.2, -0.15) is 0 Å². The Hall–Kier alpha value is -1.50. The van der Waals surface area contributed by atoms with Crippen LogP contribution in [0.1, 0.15) is 94.9 Å². The average Bonchev–Trinajstić information content (AvgIpc) is 3.08. The van der Waals surface area contributed by atoms with Crippen molar-refractivity contribution in [1.82, 2.24) is 4.90 Å². The summed E-state index contributed by atoms with van der Waals surface area (Å²) in [4.78, 5) is 21.3. The minimum Gasteiger partial charge on any atom is -0.459 e. The molecular formula is C38H70N2O13. The van der Waals surface area contributed by atoms with Crippen molar-refractivity contribution >= 4 is 11.7 Å². The Bertz CT molecular complexity index is 1220. The van der Waals surface area contributed by atoms with Gasteiger partial charge in [0.15, 0.2) is 12.6 Å². The number of ether oxygens (including phenoxy) is 6. The maximum Gasteiger partial charge on any atom is 0.311 e. The van der Waals surface area contributed by atoms with Gasteiger partial charge in [-0.25, -0.2) is 0 Å². The molecule has 0 radical (unpaired) electrons. The van der Waals surface area contributed by atoms with E-state index in [0.29, 0.717) is 12.1 Å². The Morgan fingerprint density at radius 3 is 2.08 bits per heavy atom. The van der Waals surface area contributed by atoms with Crippen LogP contribution in [0.5, 0.6) is 0 Å². The first-order chi connectivity index (χ1) is 24.5. The van der Waals surface area contributed by atoms with Crippen LogP contribution >= 0.6 is 0 Å². The molecule has 0 aromatic carbocycles. The number of hydrogen-bond acceptors (Lipinski definition) is 15. The van der Waals surface area contributed by atoms with Crippen molar-refractivity contribution in [1.29, 1.82) is 0 Å². The minimum absolute atomic E-state index is 0.0204. The average molecular weight is 763 g/mol. The molecule has 3 aliphatic heterocycles. The summed E-state index contributed by atoms with van der Waals surface area (Å²) in [5.74, 6) is -3.90. The molecule has 1 unspecified atom stereocenters. The maximum atomic E-state index is 14.2. The largest absolute Gasteiger partial charge is 0.459 e. The van der Waals surface area contributed by atoms with Crippen LogP contribution in [0.4, 0.5) is 0 Å². The number of rotatable bonds is 8. The number of likely N-dealkylation sites (N-methyl/N-ethyl adjacent to an activating group) is 1. The molecule has 310 valence electrons. The van der Waals surface area contributed by atoms with Gasteiger partial charge in [-0.05, 0) is 74.9 Å². The maximum absolute atomic E-state index is 14.2. The fourth-order valence-corrected chi connectivity index (χ4v) is 8.70. The van der Waals surface area contributed by atoms with Crippen LogP contribution in [0.2, 0.25) is 0 Å². The highest BCUT2D eigenvalue weighted by molar-refractivity contribution is 5.88. The standard InChI is InChI=1S/C38H70N2O13/c1-15-26-38(10,46)31(42)21(4)28(39-48-14)19(2)17-36(8,45)33(53-35-29(41)25(40(11)12)16-20(3)49-35)22(5)30(23(6)34(44)51-26)52-27-18-37(9,47-13)32(43)24(7)50-27/h19-27,29-33,35,41-43,45-46H,15-18H2,1-14H3/t19-,20-,21+,22+,23-,24+,25+,26-,27+,29-,30+,31-,32+,33-,35+,36?,37-,38-/m1/s1. The zero-order chi connectivity index (χ0) is 40.4. The number of nitrogens with zero attached hydrogens (tertiary/aromatic N) is 2. The molecule has 0 amide bonds. The zero-order valence-electron chi connectivity index (χ0n) is 34.4. The number of aliphatic hydroxyl groups is 5. The molecule has 0 spiro atoms. The molecule has 3 fully saturated rings. The summed E-state index contributed by atoms with van der Waals surface area (Å²) in [5, 5.41) is 62.8. The molecule has 3 heterocycles. The second-order valence-corrected chi connectivity index (χ2v) is 16.8. The SMILES string of the molecule is CC[C@H]1OC(=O)[C@H](C)[C@@H](O[C@H]2C[C@@](C)(OC)[C@@H](O)[C@H](C)O2)[C@H](C)[C@@H](O[C@@H]2O[C@H](C)C[C@H](N(C)C)[C@H]2O)C(C)(O)C[C@@H](C)C(=NOC)[C@H](C)[C@@H](O)[C@]1(C)O. The van der Waals surface area contributed by atoms with E-state index in [1.165, 1.54) is 21.1 Å². The molecule has 3 saturated heterocycles. The van der Waals surface area contributed by atoms with E-state index in [1.807, 2.05) is 32.8 Å². The highest BCUT2D eigenvalue weighted by Gasteiger charge is 2.53. The lowest BCUT2D eigenvalue weighted by Gasteiger charge is -2.49. The smallest absolute Gasteiger partial charge is 0.311 e. The van der Waals surface area contributed by atoms with E-state index in [-0.39, 0.29) is 31.4 Å². The quantitative estimate of drug-likeness (QED) is 0.178. The highest BCUT2D eigenvalue weighted by Crippen LogP contribution is 2.41. The van der Waals surface area contributed by atoms with Crippen molar-refractivity contribution in [3.05, 3.63) is 0 Å². The van der Waals surface area contributed by atoms with Crippen LogP contribution in [-0.4, -0.2) is 155 Å². The van der Waals surface area contributed by atoms with E-state index in [1.54, 1.807) is 48.5 Å². The number of cyclic esters (lactones) is 1. The van der Waals surface area contributed by atoms with Gasteiger partial charge >= 0.3 is 5.97 Å². The molecule has 3 aliphatic rings. The van der Waals surface area contributed by atoms with Crippen molar-refractivity contribution < 1.29 is 63.6 Å². The molecule has 18 atom stereocenters. The molecule has 53 heavy (non-hydrogen) atoms. The second kappa shape index (κ2) is 18.2. The van der Waals surface area contributed by atoms with E-state index in [9.17, 15) is 30.3 Å². The molecule has 0 aromatic rings. The summed E-state index contributed by atoms with van der Waals surface area (Å²) in [6.45, 7) is 17.0. The van der Waals surface area contributed by atoms with Gasteiger partial charge < -0.3 is 63.7 Å². The van der Waals surface area contributed by atoms with E-state index < -0.39 is 102 Å². The van der Waals surface area contributed by atoms with Gasteiger partial charge in [0.05, 0.1) is 53.4 Å². The fourth-order valence-electron chi connectivity index (χ4n) is 8.70. The van der Waals surface area contributed by atoms with E-state index in [2.05, 4.69) is 5.16 Å². The lowest BCUT2D eigenvalue weighted by Crippen LogP contribution is -2.61. The summed E-state index contributed by atoms with van der Waals surface area (Å²) in [5.41, 5.74) is -4.30. The molecule has 0 aromatic heterocycles. The van der Waals surface area contributed by atoms with Gasteiger partial charge in [0.25, 0.3) is 0 Å². The van der Waals surface area contributed by atoms with Gasteiger partial charge in [0.2, 0.25) is 0 Å². The van der Waals surface area contributed by atoms with Gasteiger partial charge in [0, 0.05) is 37.3 Å². The number of esters is 1. The van der Waals surface area contributed by atoms with Gasteiger partial charge in [-0.3, -0.25) is 4.79 Å². The molecule has 3 rings (SSSR count). The Labute approximate surface area is 316 Å². The Kier molecular flexibility index (Phi) is 15.7. The number of carbonyl (C=O) groups excluding carboxylic acids is 1.